The van der Waals surface area contributed by atoms with Gasteiger partial charge < -0.3 is 14.6 Å². The fraction of sp³-hybridized carbons (Fsp3) is 0.462. The minimum absolute atomic E-state index is 0.0444. The van der Waals surface area contributed by atoms with Crippen LogP contribution in [0.15, 0.2) is 53.7 Å². The first kappa shape index (κ1) is 22.2. The zero-order valence-corrected chi connectivity index (χ0v) is 19.5. The average molecular weight is 435 g/mol. The van der Waals surface area contributed by atoms with E-state index in [9.17, 15) is 4.79 Å². The molecule has 170 valence electrons. The molecule has 1 saturated carbocycles. The van der Waals surface area contributed by atoms with Crippen LogP contribution in [-0.4, -0.2) is 26.5 Å². The van der Waals surface area contributed by atoms with Crippen LogP contribution in [0.1, 0.15) is 57.9 Å². The summed E-state index contributed by atoms with van der Waals surface area (Å²) in [6.07, 6.45) is 10.3. The molecule has 4 rings (SSSR count). The van der Waals surface area contributed by atoms with Crippen LogP contribution in [0.4, 0.5) is 5.69 Å². The molecule has 0 amide bonds. The Morgan fingerprint density at radius 3 is 2.41 bits per heavy atom. The summed E-state index contributed by atoms with van der Waals surface area (Å²) in [4.78, 5) is 12.9. The minimum atomic E-state index is 0.0444. The van der Waals surface area contributed by atoms with Gasteiger partial charge in [-0.2, -0.15) is 5.10 Å². The van der Waals surface area contributed by atoms with Crippen molar-refractivity contribution in [2.45, 2.75) is 71.1 Å². The molecule has 1 aliphatic rings. The summed E-state index contributed by atoms with van der Waals surface area (Å²) in [5.41, 5.74) is 4.15. The van der Waals surface area contributed by atoms with Gasteiger partial charge in [-0.3, -0.25) is 9.48 Å². The molecule has 32 heavy (non-hydrogen) atoms. The smallest absolute Gasteiger partial charge is 0.273 e. The molecule has 6 heteroatoms. The highest BCUT2D eigenvalue weighted by atomic mass is 16.5. The van der Waals surface area contributed by atoms with Gasteiger partial charge in [-0.05, 0) is 76.1 Å². The van der Waals surface area contributed by atoms with Gasteiger partial charge in [0.05, 0.1) is 12.3 Å². The summed E-state index contributed by atoms with van der Waals surface area (Å²) in [5, 5.41) is 7.84. The van der Waals surface area contributed by atoms with Crippen molar-refractivity contribution in [3.63, 3.8) is 0 Å². The molecule has 0 aliphatic heterocycles. The number of nitrogens with zero attached hydrogens (tertiary/aromatic N) is 3. The zero-order valence-electron chi connectivity index (χ0n) is 19.5. The van der Waals surface area contributed by atoms with E-state index in [0.29, 0.717) is 24.2 Å². The molecule has 1 N–H and O–H groups in total. The number of hydrogen-bond acceptors (Lipinski definition) is 4. The van der Waals surface area contributed by atoms with Crippen LogP contribution in [0, 0.1) is 0 Å². The third-order valence-corrected chi connectivity index (χ3v) is 6.28. The van der Waals surface area contributed by atoms with E-state index in [1.165, 1.54) is 5.56 Å². The Morgan fingerprint density at radius 1 is 1.09 bits per heavy atom. The Kier molecular flexibility index (Phi) is 6.68. The fourth-order valence-corrected chi connectivity index (χ4v) is 4.58. The monoisotopic (exact) mass is 434 g/mol. The van der Waals surface area contributed by atoms with Gasteiger partial charge in [0.1, 0.15) is 11.4 Å². The molecule has 2 heterocycles. The molecule has 2 aromatic heterocycles. The first-order valence-electron chi connectivity index (χ1n) is 11.7. The van der Waals surface area contributed by atoms with Crippen molar-refractivity contribution in [2.75, 3.05) is 5.32 Å². The van der Waals surface area contributed by atoms with E-state index >= 15 is 0 Å². The molecule has 0 unspecified atom stereocenters. The van der Waals surface area contributed by atoms with Gasteiger partial charge in [0.15, 0.2) is 0 Å². The number of pyridine rings is 1. The number of hydrogen-bond donors (Lipinski definition) is 1. The van der Waals surface area contributed by atoms with Gasteiger partial charge in [-0.1, -0.05) is 12.1 Å². The molecular weight excluding hydrogens is 400 g/mol. The maximum absolute atomic E-state index is 12.9. The lowest BCUT2D eigenvalue weighted by atomic mass is 9.81. The van der Waals surface area contributed by atoms with Crippen molar-refractivity contribution in [3.05, 3.63) is 64.8 Å². The highest BCUT2D eigenvalue weighted by molar-refractivity contribution is 5.65. The van der Waals surface area contributed by atoms with E-state index in [4.69, 9.17) is 4.74 Å². The molecular formula is C26H34N4O2. The van der Waals surface area contributed by atoms with Crippen LogP contribution in [0.25, 0.3) is 11.1 Å². The lowest BCUT2D eigenvalue weighted by Gasteiger charge is -2.30. The SMILES string of the molecule is CCn1cc(-c2cnn(C)c2)cc(NC2CCC(c3ccc(OC(C)C)cc3)CC2)c1=O. The molecule has 0 spiro atoms. The summed E-state index contributed by atoms with van der Waals surface area (Å²) >= 11 is 0. The zero-order chi connectivity index (χ0) is 22.7. The second-order valence-corrected chi connectivity index (χ2v) is 9.06. The van der Waals surface area contributed by atoms with Crippen LogP contribution in [0.3, 0.4) is 0 Å². The predicted molar refractivity (Wildman–Crippen MR) is 129 cm³/mol. The molecule has 0 atom stereocenters. The van der Waals surface area contributed by atoms with Crippen LogP contribution in [0.2, 0.25) is 0 Å². The maximum Gasteiger partial charge on any atom is 0.273 e. The van der Waals surface area contributed by atoms with E-state index in [1.54, 1.807) is 9.25 Å². The van der Waals surface area contributed by atoms with Crippen molar-refractivity contribution in [2.24, 2.45) is 7.05 Å². The molecule has 3 aromatic rings. The predicted octanol–water partition coefficient (Wildman–Crippen LogP) is 5.19. The van der Waals surface area contributed by atoms with Gasteiger partial charge >= 0.3 is 0 Å². The molecule has 0 radical (unpaired) electrons. The van der Waals surface area contributed by atoms with Gasteiger partial charge in [0.25, 0.3) is 5.56 Å². The molecule has 1 fully saturated rings. The Morgan fingerprint density at radius 2 is 1.81 bits per heavy atom. The summed E-state index contributed by atoms with van der Waals surface area (Å²) in [6, 6.07) is 10.9. The topological polar surface area (TPSA) is 61.1 Å². The van der Waals surface area contributed by atoms with Crippen LogP contribution in [-0.2, 0) is 13.6 Å². The molecule has 6 nitrogen and oxygen atoms in total. The lowest BCUT2D eigenvalue weighted by Crippen LogP contribution is -2.30. The average Bonchev–Trinajstić information content (AvgIpc) is 3.22. The van der Waals surface area contributed by atoms with Crippen molar-refractivity contribution >= 4 is 5.69 Å². The first-order valence-corrected chi connectivity index (χ1v) is 11.7. The lowest BCUT2D eigenvalue weighted by molar-refractivity contribution is 0.242. The summed E-state index contributed by atoms with van der Waals surface area (Å²) in [5.74, 6) is 1.50. The van der Waals surface area contributed by atoms with Crippen molar-refractivity contribution in [3.8, 4) is 16.9 Å². The second kappa shape index (κ2) is 9.63. The Bertz CT molecular complexity index is 1090. The third kappa shape index (κ3) is 5.06. The minimum Gasteiger partial charge on any atom is -0.491 e. The number of aromatic nitrogens is 3. The third-order valence-electron chi connectivity index (χ3n) is 6.28. The van der Waals surface area contributed by atoms with Crippen molar-refractivity contribution < 1.29 is 4.74 Å². The largest absolute Gasteiger partial charge is 0.491 e. The number of aryl methyl sites for hydroxylation is 2. The van der Waals surface area contributed by atoms with E-state index < -0.39 is 0 Å². The van der Waals surface area contributed by atoms with Crippen molar-refractivity contribution in [1.29, 1.82) is 0 Å². The Balaban J connectivity index is 1.43. The second-order valence-electron chi connectivity index (χ2n) is 9.06. The van der Waals surface area contributed by atoms with E-state index in [-0.39, 0.29) is 11.7 Å². The van der Waals surface area contributed by atoms with Crippen LogP contribution < -0.4 is 15.6 Å². The standard InChI is InChI=1S/C26H34N4O2/c1-5-30-17-21(22-15-27-29(4)16-22)14-25(26(30)31)28-23-10-6-19(7-11-23)20-8-12-24(13-9-20)32-18(2)3/h8-9,12-19,23,28H,5-7,10-11H2,1-4H3. The van der Waals surface area contributed by atoms with Crippen LogP contribution >= 0.6 is 0 Å². The summed E-state index contributed by atoms with van der Waals surface area (Å²) in [6.45, 7) is 6.74. The van der Waals surface area contributed by atoms with E-state index in [2.05, 4.69) is 34.7 Å². The Hall–Kier alpha value is -3.02. The molecule has 0 saturated heterocycles. The van der Waals surface area contributed by atoms with Crippen LogP contribution in [0.5, 0.6) is 5.75 Å². The first-order chi connectivity index (χ1) is 15.4. The number of nitrogens with one attached hydrogen (secondary N) is 1. The highest BCUT2D eigenvalue weighted by Crippen LogP contribution is 2.35. The maximum atomic E-state index is 12.9. The quantitative estimate of drug-likeness (QED) is 0.556. The highest BCUT2D eigenvalue weighted by Gasteiger charge is 2.23. The number of rotatable bonds is 7. The van der Waals surface area contributed by atoms with E-state index in [0.717, 1.165) is 42.6 Å². The van der Waals surface area contributed by atoms with Crippen molar-refractivity contribution in [1.82, 2.24) is 14.3 Å². The molecule has 1 aliphatic carbocycles. The van der Waals surface area contributed by atoms with Gasteiger partial charge in [0, 0.05) is 43.2 Å². The molecule has 0 bridgehead atoms. The van der Waals surface area contributed by atoms with Gasteiger partial charge in [0.2, 0.25) is 0 Å². The van der Waals surface area contributed by atoms with Gasteiger partial charge in [-0.15, -0.1) is 0 Å². The van der Waals surface area contributed by atoms with Gasteiger partial charge in [-0.25, -0.2) is 0 Å². The van der Waals surface area contributed by atoms with E-state index in [1.807, 2.05) is 52.5 Å². The Labute approximate surface area is 190 Å². The summed E-state index contributed by atoms with van der Waals surface area (Å²) in [7, 11) is 1.90. The summed E-state index contributed by atoms with van der Waals surface area (Å²) < 4.78 is 9.33. The number of ether oxygens (including phenoxy) is 1. The molecule has 1 aromatic carbocycles. The number of anilines is 1. The fourth-order valence-electron chi connectivity index (χ4n) is 4.58. The normalized spacial score (nSPS) is 18.7. The number of benzene rings is 1.